The van der Waals surface area contributed by atoms with Crippen LogP contribution in [0, 0.1) is 0 Å². The Kier molecular flexibility index (Phi) is 9.79. The molecule has 0 fully saturated rings. The summed E-state index contributed by atoms with van der Waals surface area (Å²) >= 11 is 0. The highest BCUT2D eigenvalue weighted by Crippen LogP contribution is 2.27. The summed E-state index contributed by atoms with van der Waals surface area (Å²) in [5.74, 6) is 2.64. The predicted octanol–water partition coefficient (Wildman–Crippen LogP) is 6.15. The van der Waals surface area contributed by atoms with Crippen LogP contribution in [0.3, 0.4) is 0 Å². The number of Topliss-reactive ketones (excluding diaryl/α,β-unsaturated/α-hetero) is 1. The third kappa shape index (κ3) is 6.83. The average molecular weight is 452 g/mol. The van der Waals surface area contributed by atoms with Gasteiger partial charge in [-0.2, -0.15) is 0 Å². The molecule has 5 nitrogen and oxygen atoms in total. The smallest absolute Gasteiger partial charge is 0.296 e. The number of para-hydroxylation sites is 4. The lowest BCUT2D eigenvalue weighted by molar-refractivity contribution is -0.655. The largest absolute Gasteiger partial charge is 0.493 e. The number of benzene rings is 2. The minimum absolute atomic E-state index is 0.279. The Bertz CT molecular complexity index is 1030. The van der Waals surface area contributed by atoms with Crippen LogP contribution in [0.15, 0.2) is 48.5 Å². The molecule has 2 aromatic carbocycles. The highest BCUT2D eigenvalue weighted by atomic mass is 16.5. The van der Waals surface area contributed by atoms with E-state index < -0.39 is 0 Å². The van der Waals surface area contributed by atoms with Crippen LogP contribution in [-0.4, -0.2) is 17.5 Å². The molecule has 1 aromatic heterocycles. The van der Waals surface area contributed by atoms with Crippen molar-refractivity contribution in [2.75, 3.05) is 7.11 Å². The van der Waals surface area contributed by atoms with E-state index in [1.807, 2.05) is 43.4 Å². The van der Waals surface area contributed by atoms with Gasteiger partial charge in [-0.3, -0.25) is 4.79 Å². The maximum Gasteiger partial charge on any atom is 0.296 e. The van der Waals surface area contributed by atoms with E-state index in [4.69, 9.17) is 9.47 Å². The number of aromatic nitrogens is 2. The average Bonchev–Trinajstić information content (AvgIpc) is 3.10. The Morgan fingerprint density at radius 1 is 0.879 bits per heavy atom. The fourth-order valence-electron chi connectivity index (χ4n) is 4.38. The monoisotopic (exact) mass is 451 g/mol. The van der Waals surface area contributed by atoms with Crippen molar-refractivity contribution >= 4 is 16.8 Å². The zero-order chi connectivity index (χ0) is 23.5. The summed E-state index contributed by atoms with van der Waals surface area (Å²) < 4.78 is 15.8. The lowest BCUT2D eigenvalue weighted by atomic mass is 10.1. The van der Waals surface area contributed by atoms with Gasteiger partial charge in [-0.25, -0.2) is 9.13 Å². The van der Waals surface area contributed by atoms with Crippen molar-refractivity contribution in [3.8, 4) is 11.5 Å². The van der Waals surface area contributed by atoms with Crippen molar-refractivity contribution in [1.82, 2.24) is 4.57 Å². The number of unbranched alkanes of at least 4 members (excludes halogenated alkanes) is 7. The minimum atomic E-state index is 0.279. The van der Waals surface area contributed by atoms with Gasteiger partial charge in [-0.1, -0.05) is 76.1 Å². The normalized spacial score (nSPS) is 11.1. The Balaban J connectivity index is 1.63. The predicted molar refractivity (Wildman–Crippen MR) is 133 cm³/mol. The van der Waals surface area contributed by atoms with Crippen LogP contribution in [0.2, 0.25) is 0 Å². The van der Waals surface area contributed by atoms with E-state index in [0.717, 1.165) is 29.7 Å². The maximum atomic E-state index is 12.9. The van der Waals surface area contributed by atoms with Crippen molar-refractivity contribution in [3.05, 3.63) is 54.4 Å². The number of methoxy groups -OCH3 is 1. The van der Waals surface area contributed by atoms with Crippen molar-refractivity contribution in [2.24, 2.45) is 7.05 Å². The molecule has 0 aliphatic carbocycles. The SMILES string of the molecule is CCCCCCCCCCC(=O)Cn1c(COc2ccccc2OC)[n+](C)c2ccccc21. The molecular weight excluding hydrogens is 412 g/mol. The molecule has 3 rings (SSSR count). The second-order valence-electron chi connectivity index (χ2n) is 8.75. The summed E-state index contributed by atoms with van der Waals surface area (Å²) in [6, 6.07) is 15.9. The topological polar surface area (TPSA) is 44.3 Å². The van der Waals surface area contributed by atoms with Gasteiger partial charge in [0.15, 0.2) is 34.9 Å². The number of ether oxygens (including phenoxy) is 2. The summed E-state index contributed by atoms with van der Waals surface area (Å²) in [6.07, 6.45) is 10.6. The minimum Gasteiger partial charge on any atom is -0.493 e. The molecule has 0 spiro atoms. The van der Waals surface area contributed by atoms with Gasteiger partial charge in [0, 0.05) is 6.42 Å². The van der Waals surface area contributed by atoms with Crippen LogP contribution in [0.4, 0.5) is 0 Å². The number of rotatable bonds is 15. The summed E-state index contributed by atoms with van der Waals surface area (Å²) in [4.78, 5) is 12.9. The molecule has 178 valence electrons. The third-order valence-electron chi connectivity index (χ3n) is 6.30. The van der Waals surface area contributed by atoms with Crippen molar-refractivity contribution in [3.63, 3.8) is 0 Å². The summed E-state index contributed by atoms with van der Waals surface area (Å²) in [6.45, 7) is 2.98. The van der Waals surface area contributed by atoms with Gasteiger partial charge in [0.05, 0.1) is 14.2 Å². The second-order valence-corrected chi connectivity index (χ2v) is 8.75. The molecule has 1 heterocycles. The Labute approximate surface area is 198 Å². The number of ketones is 1. The third-order valence-corrected chi connectivity index (χ3v) is 6.30. The van der Waals surface area contributed by atoms with E-state index in [-0.39, 0.29) is 5.78 Å². The number of carbonyl (C=O) groups excluding carboxylic acids is 1. The van der Waals surface area contributed by atoms with Crippen molar-refractivity contribution in [2.45, 2.75) is 77.9 Å². The number of fused-ring (bicyclic) bond motifs is 1. The molecule has 0 aliphatic heterocycles. The maximum absolute atomic E-state index is 12.9. The number of hydrogen-bond acceptors (Lipinski definition) is 3. The number of imidazole rings is 1. The molecule has 3 aromatic rings. The molecule has 0 saturated carbocycles. The highest BCUT2D eigenvalue weighted by molar-refractivity contribution is 5.81. The zero-order valence-corrected chi connectivity index (χ0v) is 20.5. The van der Waals surface area contributed by atoms with E-state index >= 15 is 0 Å². The first-order chi connectivity index (χ1) is 16.2. The molecule has 0 N–H and O–H groups in total. The number of hydrogen-bond donors (Lipinski definition) is 0. The molecule has 33 heavy (non-hydrogen) atoms. The Morgan fingerprint density at radius 2 is 1.52 bits per heavy atom. The molecule has 0 bridgehead atoms. The van der Waals surface area contributed by atoms with E-state index in [2.05, 4.69) is 28.2 Å². The van der Waals surface area contributed by atoms with Gasteiger partial charge in [0.25, 0.3) is 5.82 Å². The first kappa shape index (κ1) is 24.8. The molecule has 0 radical (unpaired) electrons. The van der Waals surface area contributed by atoms with Gasteiger partial charge in [0.2, 0.25) is 0 Å². The number of nitrogens with zero attached hydrogens (tertiary/aromatic N) is 2. The van der Waals surface area contributed by atoms with Gasteiger partial charge < -0.3 is 9.47 Å². The lowest BCUT2D eigenvalue weighted by Crippen LogP contribution is -2.34. The van der Waals surface area contributed by atoms with E-state index in [1.165, 1.54) is 38.5 Å². The molecule has 0 saturated heterocycles. The summed E-state index contributed by atoms with van der Waals surface area (Å²) in [7, 11) is 3.67. The second kappa shape index (κ2) is 13.0. The standard InChI is InChI=1S/C28H39N2O3/c1-4-5-6-7-8-9-10-11-16-23(31)21-30-25-18-13-12-17-24(25)29(2)28(30)22-33-27-20-15-14-19-26(27)32-3/h12-15,17-20H,4-11,16,21-22H2,1-3H3/q+1. The Morgan fingerprint density at radius 3 is 2.24 bits per heavy atom. The van der Waals surface area contributed by atoms with Crippen LogP contribution in [0.5, 0.6) is 11.5 Å². The lowest BCUT2D eigenvalue weighted by Gasteiger charge is -2.10. The molecule has 5 heteroatoms. The number of carbonyl (C=O) groups is 1. The van der Waals surface area contributed by atoms with Crippen LogP contribution in [-0.2, 0) is 25.0 Å². The van der Waals surface area contributed by atoms with Crippen molar-refractivity contribution in [1.29, 1.82) is 0 Å². The molecular formula is C28H39N2O3+. The molecule has 0 atom stereocenters. The quantitative estimate of drug-likeness (QED) is 0.205. The summed E-state index contributed by atoms with van der Waals surface area (Å²) in [5, 5.41) is 0. The fourth-order valence-corrected chi connectivity index (χ4v) is 4.38. The van der Waals surface area contributed by atoms with E-state index in [0.29, 0.717) is 31.1 Å². The number of aryl methyl sites for hydroxylation is 1. The van der Waals surface area contributed by atoms with Gasteiger partial charge >= 0.3 is 0 Å². The van der Waals surface area contributed by atoms with Crippen LogP contribution >= 0.6 is 0 Å². The zero-order valence-electron chi connectivity index (χ0n) is 20.5. The van der Waals surface area contributed by atoms with E-state index in [9.17, 15) is 4.79 Å². The van der Waals surface area contributed by atoms with Gasteiger partial charge in [0.1, 0.15) is 6.54 Å². The van der Waals surface area contributed by atoms with Crippen molar-refractivity contribution < 1.29 is 18.8 Å². The summed E-state index contributed by atoms with van der Waals surface area (Å²) in [5.41, 5.74) is 2.15. The van der Waals surface area contributed by atoms with Gasteiger partial charge in [-0.05, 0) is 30.7 Å². The first-order valence-corrected chi connectivity index (χ1v) is 12.4. The van der Waals surface area contributed by atoms with Crippen LogP contribution < -0.4 is 14.0 Å². The first-order valence-electron chi connectivity index (χ1n) is 12.4. The fraction of sp³-hybridized carbons (Fsp3) is 0.500. The van der Waals surface area contributed by atoms with Crippen LogP contribution in [0.1, 0.15) is 70.5 Å². The van der Waals surface area contributed by atoms with Crippen LogP contribution in [0.25, 0.3) is 11.0 Å². The molecule has 0 amide bonds. The van der Waals surface area contributed by atoms with Gasteiger partial charge in [-0.15, -0.1) is 0 Å². The van der Waals surface area contributed by atoms with E-state index in [1.54, 1.807) is 7.11 Å². The molecule has 0 aliphatic rings. The Hall–Kier alpha value is -2.82. The highest BCUT2D eigenvalue weighted by Gasteiger charge is 2.25. The molecule has 0 unspecified atom stereocenters.